The van der Waals surface area contributed by atoms with Crippen molar-refractivity contribution >= 4 is 45.4 Å². The van der Waals surface area contributed by atoms with Gasteiger partial charge in [0.2, 0.25) is 0 Å². The van der Waals surface area contributed by atoms with E-state index in [9.17, 15) is 0 Å². The van der Waals surface area contributed by atoms with Crippen LogP contribution in [0.15, 0.2) is 47.8 Å². The van der Waals surface area contributed by atoms with Gasteiger partial charge in [0.1, 0.15) is 5.75 Å². The van der Waals surface area contributed by atoms with Crippen molar-refractivity contribution in [3.05, 3.63) is 57.9 Å². The maximum atomic E-state index is 6.20. The standard InChI is InChI=1S/C16H12Cl2N2OS/c1-21-15-7-6-10(17)8-13(15)19-16-20-14(9-22-16)11-4-2-3-5-12(11)18/h2-9H,1H3,(H,19,20). The van der Waals surface area contributed by atoms with Crippen LogP contribution in [0.2, 0.25) is 10.0 Å². The molecule has 2 aromatic carbocycles. The Hall–Kier alpha value is -1.75. The van der Waals surface area contributed by atoms with E-state index < -0.39 is 0 Å². The molecular weight excluding hydrogens is 339 g/mol. The van der Waals surface area contributed by atoms with Gasteiger partial charge in [-0.05, 0) is 24.3 Å². The second-order valence-electron chi connectivity index (χ2n) is 4.49. The fraction of sp³-hybridized carbons (Fsp3) is 0.0625. The molecule has 0 saturated carbocycles. The highest BCUT2D eigenvalue weighted by Crippen LogP contribution is 2.34. The van der Waals surface area contributed by atoms with Crippen LogP contribution in [0.25, 0.3) is 11.3 Å². The number of rotatable bonds is 4. The molecule has 0 radical (unpaired) electrons. The summed E-state index contributed by atoms with van der Waals surface area (Å²) in [7, 11) is 1.62. The Morgan fingerprint density at radius 1 is 1.14 bits per heavy atom. The number of hydrogen-bond acceptors (Lipinski definition) is 4. The smallest absolute Gasteiger partial charge is 0.187 e. The second kappa shape index (κ2) is 6.57. The molecule has 0 aliphatic rings. The summed E-state index contributed by atoms with van der Waals surface area (Å²) in [5.41, 5.74) is 2.51. The van der Waals surface area contributed by atoms with E-state index in [0.717, 1.165) is 22.1 Å². The molecule has 3 rings (SSSR count). The third-order valence-electron chi connectivity index (χ3n) is 3.06. The van der Waals surface area contributed by atoms with E-state index in [0.29, 0.717) is 15.8 Å². The average molecular weight is 351 g/mol. The fourth-order valence-electron chi connectivity index (χ4n) is 2.02. The van der Waals surface area contributed by atoms with Crippen molar-refractivity contribution in [2.24, 2.45) is 0 Å². The van der Waals surface area contributed by atoms with Crippen molar-refractivity contribution in [1.29, 1.82) is 0 Å². The Bertz CT molecular complexity index is 804. The minimum atomic E-state index is 0.631. The number of thiazole rings is 1. The lowest BCUT2D eigenvalue weighted by Gasteiger charge is -2.09. The van der Waals surface area contributed by atoms with Crippen molar-refractivity contribution in [3.8, 4) is 17.0 Å². The van der Waals surface area contributed by atoms with Crippen LogP contribution in [0.4, 0.5) is 10.8 Å². The first kappa shape index (κ1) is 15.2. The molecule has 0 atom stereocenters. The van der Waals surface area contributed by atoms with Crippen LogP contribution >= 0.6 is 34.5 Å². The Kier molecular flexibility index (Phi) is 4.52. The molecule has 1 aromatic heterocycles. The van der Waals surface area contributed by atoms with Crippen molar-refractivity contribution in [2.75, 3.05) is 12.4 Å². The van der Waals surface area contributed by atoms with Crippen LogP contribution in [-0.2, 0) is 0 Å². The van der Waals surface area contributed by atoms with E-state index in [1.54, 1.807) is 19.2 Å². The lowest BCUT2D eigenvalue weighted by Crippen LogP contribution is -1.94. The van der Waals surface area contributed by atoms with E-state index in [1.807, 2.05) is 35.7 Å². The maximum Gasteiger partial charge on any atom is 0.187 e. The van der Waals surface area contributed by atoms with Crippen molar-refractivity contribution in [1.82, 2.24) is 4.98 Å². The van der Waals surface area contributed by atoms with Crippen LogP contribution < -0.4 is 10.1 Å². The highest BCUT2D eigenvalue weighted by atomic mass is 35.5. The molecule has 0 saturated heterocycles. The molecular formula is C16H12Cl2N2OS. The first-order valence-electron chi connectivity index (χ1n) is 6.48. The molecule has 1 heterocycles. The number of nitrogens with zero attached hydrogens (tertiary/aromatic N) is 1. The Balaban J connectivity index is 1.89. The Labute approximate surface area is 142 Å². The van der Waals surface area contributed by atoms with Gasteiger partial charge in [-0.15, -0.1) is 11.3 Å². The minimum Gasteiger partial charge on any atom is -0.495 e. The highest BCUT2D eigenvalue weighted by Gasteiger charge is 2.10. The lowest BCUT2D eigenvalue weighted by atomic mass is 10.2. The molecule has 0 aliphatic carbocycles. The zero-order chi connectivity index (χ0) is 15.5. The van der Waals surface area contributed by atoms with Gasteiger partial charge < -0.3 is 10.1 Å². The summed E-state index contributed by atoms with van der Waals surface area (Å²) in [5, 5.41) is 7.24. The van der Waals surface area contributed by atoms with Crippen LogP contribution in [0, 0.1) is 0 Å². The topological polar surface area (TPSA) is 34.1 Å². The van der Waals surface area contributed by atoms with E-state index >= 15 is 0 Å². The summed E-state index contributed by atoms with van der Waals surface area (Å²) >= 11 is 13.7. The monoisotopic (exact) mass is 350 g/mol. The van der Waals surface area contributed by atoms with Gasteiger partial charge in [0.05, 0.1) is 18.5 Å². The van der Waals surface area contributed by atoms with Gasteiger partial charge in [-0.1, -0.05) is 41.4 Å². The molecule has 22 heavy (non-hydrogen) atoms. The summed E-state index contributed by atoms with van der Waals surface area (Å²) in [5.74, 6) is 0.707. The predicted molar refractivity (Wildman–Crippen MR) is 93.8 cm³/mol. The SMILES string of the molecule is COc1ccc(Cl)cc1Nc1nc(-c2ccccc2Cl)cs1. The van der Waals surface area contributed by atoms with Gasteiger partial charge in [-0.25, -0.2) is 4.98 Å². The molecule has 0 bridgehead atoms. The van der Waals surface area contributed by atoms with Gasteiger partial charge in [0.25, 0.3) is 0 Å². The van der Waals surface area contributed by atoms with E-state index in [1.165, 1.54) is 11.3 Å². The second-order valence-corrected chi connectivity index (χ2v) is 6.19. The largest absolute Gasteiger partial charge is 0.495 e. The van der Waals surface area contributed by atoms with Gasteiger partial charge in [0.15, 0.2) is 5.13 Å². The summed E-state index contributed by atoms with van der Waals surface area (Å²) in [6.07, 6.45) is 0. The molecule has 0 spiro atoms. The molecule has 6 heteroatoms. The Morgan fingerprint density at radius 3 is 2.73 bits per heavy atom. The third kappa shape index (κ3) is 3.19. The third-order valence-corrected chi connectivity index (χ3v) is 4.38. The van der Waals surface area contributed by atoms with Gasteiger partial charge in [-0.3, -0.25) is 0 Å². The first-order chi connectivity index (χ1) is 10.7. The predicted octanol–water partition coefficient (Wildman–Crippen LogP) is 5.87. The molecule has 1 N–H and O–H groups in total. The summed E-state index contributed by atoms with van der Waals surface area (Å²) in [4.78, 5) is 4.57. The lowest BCUT2D eigenvalue weighted by molar-refractivity contribution is 0.417. The first-order valence-corrected chi connectivity index (χ1v) is 8.12. The van der Waals surface area contributed by atoms with Crippen molar-refractivity contribution in [3.63, 3.8) is 0 Å². The molecule has 0 unspecified atom stereocenters. The summed E-state index contributed by atoms with van der Waals surface area (Å²) in [6, 6.07) is 13.0. The Morgan fingerprint density at radius 2 is 1.95 bits per heavy atom. The number of aromatic nitrogens is 1. The van der Waals surface area contributed by atoms with Crippen molar-refractivity contribution < 1.29 is 4.74 Å². The van der Waals surface area contributed by atoms with Crippen molar-refractivity contribution in [2.45, 2.75) is 0 Å². The number of benzene rings is 2. The number of anilines is 2. The van der Waals surface area contributed by atoms with Gasteiger partial charge in [-0.2, -0.15) is 0 Å². The van der Waals surface area contributed by atoms with Crippen LogP contribution in [0.5, 0.6) is 5.75 Å². The van der Waals surface area contributed by atoms with E-state index in [2.05, 4.69) is 10.3 Å². The number of halogens is 2. The number of hydrogen-bond donors (Lipinski definition) is 1. The van der Waals surface area contributed by atoms with E-state index in [4.69, 9.17) is 27.9 Å². The number of methoxy groups -OCH3 is 1. The molecule has 0 fully saturated rings. The molecule has 0 aliphatic heterocycles. The van der Waals surface area contributed by atoms with Gasteiger partial charge >= 0.3 is 0 Å². The normalized spacial score (nSPS) is 10.5. The molecule has 0 amide bonds. The number of ether oxygens (including phenoxy) is 1. The summed E-state index contributed by atoms with van der Waals surface area (Å²) in [6.45, 7) is 0. The summed E-state index contributed by atoms with van der Waals surface area (Å²) < 4.78 is 5.32. The maximum absolute atomic E-state index is 6.20. The molecule has 3 aromatic rings. The number of nitrogens with one attached hydrogen (secondary N) is 1. The van der Waals surface area contributed by atoms with Crippen LogP contribution in [-0.4, -0.2) is 12.1 Å². The zero-order valence-electron chi connectivity index (χ0n) is 11.6. The molecule has 3 nitrogen and oxygen atoms in total. The van der Waals surface area contributed by atoms with Crippen LogP contribution in [0.1, 0.15) is 0 Å². The van der Waals surface area contributed by atoms with Crippen LogP contribution in [0.3, 0.4) is 0 Å². The minimum absolute atomic E-state index is 0.631. The fourth-order valence-corrected chi connectivity index (χ4v) is 3.14. The average Bonchev–Trinajstić information content (AvgIpc) is 2.96. The molecule has 112 valence electrons. The highest BCUT2D eigenvalue weighted by molar-refractivity contribution is 7.14. The zero-order valence-corrected chi connectivity index (χ0v) is 14.0. The quantitative estimate of drug-likeness (QED) is 0.638. The van der Waals surface area contributed by atoms with E-state index in [-0.39, 0.29) is 0 Å². The van der Waals surface area contributed by atoms with Gasteiger partial charge in [0, 0.05) is 21.0 Å².